The zero-order valence-electron chi connectivity index (χ0n) is 9.34. The van der Waals surface area contributed by atoms with E-state index in [2.05, 4.69) is 31.3 Å². The van der Waals surface area contributed by atoms with Crippen molar-refractivity contribution in [2.45, 2.75) is 6.10 Å². The first-order valence-corrected chi connectivity index (χ1v) is 5.95. The monoisotopic (exact) mass is 296 g/mol. The summed E-state index contributed by atoms with van der Waals surface area (Å²) in [6, 6.07) is 1.91. The molecule has 0 amide bonds. The van der Waals surface area contributed by atoms with Crippen molar-refractivity contribution in [3.8, 4) is 0 Å². The fourth-order valence-corrected chi connectivity index (χ4v) is 1.82. The molecule has 2 rings (SSSR count). The minimum Gasteiger partial charge on any atom is -0.386 e. The van der Waals surface area contributed by atoms with Crippen LogP contribution in [0.15, 0.2) is 35.3 Å². The lowest BCUT2D eigenvalue weighted by Gasteiger charge is -2.10. The van der Waals surface area contributed by atoms with E-state index in [0.29, 0.717) is 6.54 Å². The van der Waals surface area contributed by atoms with Gasteiger partial charge in [0.1, 0.15) is 0 Å². The summed E-state index contributed by atoms with van der Waals surface area (Å²) in [6.45, 7) is 0.420. The second kappa shape index (κ2) is 5.29. The SMILES string of the molecule is Cn1cc(C(O)CNc2cncc(Br)c2)cn1. The van der Waals surface area contributed by atoms with Crippen LogP contribution in [-0.2, 0) is 7.05 Å². The minimum atomic E-state index is -0.581. The molecule has 17 heavy (non-hydrogen) atoms. The van der Waals surface area contributed by atoms with E-state index in [1.165, 1.54) is 0 Å². The van der Waals surface area contributed by atoms with Crippen LogP contribution in [0.3, 0.4) is 0 Å². The van der Waals surface area contributed by atoms with E-state index in [-0.39, 0.29) is 0 Å². The van der Waals surface area contributed by atoms with Crippen LogP contribution in [0.2, 0.25) is 0 Å². The van der Waals surface area contributed by atoms with Gasteiger partial charge in [-0.25, -0.2) is 0 Å². The molecule has 6 heteroatoms. The van der Waals surface area contributed by atoms with Crippen LogP contribution in [-0.4, -0.2) is 26.4 Å². The number of anilines is 1. The van der Waals surface area contributed by atoms with Gasteiger partial charge in [-0.2, -0.15) is 5.10 Å². The van der Waals surface area contributed by atoms with Gasteiger partial charge in [0.05, 0.1) is 24.2 Å². The van der Waals surface area contributed by atoms with Gasteiger partial charge in [-0.05, 0) is 22.0 Å². The van der Waals surface area contributed by atoms with Gasteiger partial charge in [0.15, 0.2) is 0 Å². The van der Waals surface area contributed by atoms with Crippen molar-refractivity contribution in [1.29, 1.82) is 0 Å². The van der Waals surface area contributed by atoms with E-state index in [1.54, 1.807) is 29.5 Å². The number of nitrogens with one attached hydrogen (secondary N) is 1. The molecule has 2 aromatic rings. The van der Waals surface area contributed by atoms with Crippen molar-refractivity contribution in [2.24, 2.45) is 7.05 Å². The molecule has 1 atom stereocenters. The fourth-order valence-electron chi connectivity index (χ4n) is 1.45. The zero-order valence-corrected chi connectivity index (χ0v) is 10.9. The van der Waals surface area contributed by atoms with Gasteiger partial charge < -0.3 is 10.4 Å². The molecule has 0 spiro atoms. The molecule has 2 N–H and O–H groups in total. The van der Waals surface area contributed by atoms with E-state index in [0.717, 1.165) is 15.7 Å². The molecule has 90 valence electrons. The molecule has 0 aliphatic rings. The Bertz CT molecular complexity index is 500. The molecule has 5 nitrogen and oxygen atoms in total. The standard InChI is InChI=1S/C11H13BrN4O/c1-16-7-8(3-15-16)11(17)6-14-10-2-9(12)4-13-5-10/h2-5,7,11,14,17H,6H2,1H3. The van der Waals surface area contributed by atoms with Gasteiger partial charge in [-0.1, -0.05) is 0 Å². The Morgan fingerprint density at radius 1 is 1.47 bits per heavy atom. The van der Waals surface area contributed by atoms with Crippen LogP contribution in [0, 0.1) is 0 Å². The quantitative estimate of drug-likeness (QED) is 0.902. The summed E-state index contributed by atoms with van der Waals surface area (Å²) in [5, 5.41) is 17.0. The van der Waals surface area contributed by atoms with Crippen LogP contribution in [0.25, 0.3) is 0 Å². The molecule has 0 aromatic carbocycles. The molecule has 0 saturated carbocycles. The maximum absolute atomic E-state index is 9.92. The van der Waals surface area contributed by atoms with Crippen molar-refractivity contribution < 1.29 is 5.11 Å². The molecule has 2 aromatic heterocycles. The van der Waals surface area contributed by atoms with Crippen LogP contribution in [0.5, 0.6) is 0 Å². The predicted octanol–water partition coefficient (Wildman–Crippen LogP) is 1.72. The lowest BCUT2D eigenvalue weighted by molar-refractivity contribution is 0.191. The first-order valence-electron chi connectivity index (χ1n) is 5.16. The van der Waals surface area contributed by atoms with Gasteiger partial charge >= 0.3 is 0 Å². The van der Waals surface area contributed by atoms with Gasteiger partial charge in [-0.15, -0.1) is 0 Å². The van der Waals surface area contributed by atoms with E-state index >= 15 is 0 Å². The Morgan fingerprint density at radius 2 is 2.29 bits per heavy atom. The minimum absolute atomic E-state index is 0.420. The Morgan fingerprint density at radius 3 is 2.94 bits per heavy atom. The molecular formula is C11H13BrN4O. The first kappa shape index (κ1) is 12.1. The van der Waals surface area contributed by atoms with E-state index in [1.807, 2.05) is 13.1 Å². The molecule has 0 aliphatic carbocycles. The average molecular weight is 297 g/mol. The molecule has 0 saturated heterocycles. The Kier molecular flexibility index (Phi) is 3.75. The van der Waals surface area contributed by atoms with Gasteiger partial charge in [0, 0.05) is 36.0 Å². The number of pyridine rings is 1. The normalized spacial score (nSPS) is 12.4. The van der Waals surface area contributed by atoms with Crippen molar-refractivity contribution >= 4 is 21.6 Å². The number of nitrogens with zero attached hydrogens (tertiary/aromatic N) is 3. The number of aryl methyl sites for hydroxylation is 1. The topological polar surface area (TPSA) is 63.0 Å². The van der Waals surface area contributed by atoms with Gasteiger partial charge in [0.2, 0.25) is 0 Å². The van der Waals surface area contributed by atoms with E-state index < -0.39 is 6.10 Å². The maximum atomic E-state index is 9.92. The Balaban J connectivity index is 1.94. The summed E-state index contributed by atoms with van der Waals surface area (Å²) < 4.78 is 2.57. The first-order chi connectivity index (χ1) is 8.15. The molecule has 0 bridgehead atoms. The summed E-state index contributed by atoms with van der Waals surface area (Å²) in [5.74, 6) is 0. The van der Waals surface area contributed by atoms with Gasteiger partial charge in [0.25, 0.3) is 0 Å². The van der Waals surface area contributed by atoms with Crippen molar-refractivity contribution in [3.63, 3.8) is 0 Å². The highest BCUT2D eigenvalue weighted by Gasteiger charge is 2.09. The lowest BCUT2D eigenvalue weighted by Crippen LogP contribution is -2.11. The van der Waals surface area contributed by atoms with Crippen LogP contribution >= 0.6 is 15.9 Å². The largest absolute Gasteiger partial charge is 0.386 e. The second-order valence-electron chi connectivity index (χ2n) is 3.74. The fraction of sp³-hybridized carbons (Fsp3) is 0.273. The number of rotatable bonds is 4. The second-order valence-corrected chi connectivity index (χ2v) is 4.65. The molecule has 2 heterocycles. The summed E-state index contributed by atoms with van der Waals surface area (Å²) in [5.41, 5.74) is 1.66. The maximum Gasteiger partial charge on any atom is 0.0992 e. The number of halogens is 1. The summed E-state index contributed by atoms with van der Waals surface area (Å²) >= 11 is 3.34. The number of hydrogen-bond acceptors (Lipinski definition) is 4. The smallest absolute Gasteiger partial charge is 0.0992 e. The molecule has 0 aliphatic heterocycles. The average Bonchev–Trinajstić information content (AvgIpc) is 2.73. The van der Waals surface area contributed by atoms with Crippen LogP contribution in [0.1, 0.15) is 11.7 Å². The highest BCUT2D eigenvalue weighted by atomic mass is 79.9. The summed E-state index contributed by atoms with van der Waals surface area (Å²) in [6.07, 6.45) is 6.29. The highest BCUT2D eigenvalue weighted by Crippen LogP contribution is 2.16. The lowest BCUT2D eigenvalue weighted by atomic mass is 10.2. The zero-order chi connectivity index (χ0) is 12.3. The van der Waals surface area contributed by atoms with Crippen molar-refractivity contribution in [1.82, 2.24) is 14.8 Å². The number of hydrogen-bond donors (Lipinski definition) is 2. The van der Waals surface area contributed by atoms with Crippen LogP contribution < -0.4 is 5.32 Å². The summed E-state index contributed by atoms with van der Waals surface area (Å²) in [7, 11) is 1.82. The molecule has 1 unspecified atom stereocenters. The number of aromatic nitrogens is 3. The molecular weight excluding hydrogens is 284 g/mol. The Hall–Kier alpha value is -1.40. The third kappa shape index (κ3) is 3.28. The van der Waals surface area contributed by atoms with Crippen molar-refractivity contribution in [3.05, 3.63) is 40.9 Å². The third-order valence-electron chi connectivity index (χ3n) is 2.31. The van der Waals surface area contributed by atoms with Crippen molar-refractivity contribution in [2.75, 3.05) is 11.9 Å². The molecule has 0 radical (unpaired) electrons. The molecule has 0 fully saturated rings. The summed E-state index contributed by atoms with van der Waals surface area (Å²) in [4.78, 5) is 4.03. The number of aliphatic hydroxyl groups excluding tert-OH is 1. The van der Waals surface area contributed by atoms with Gasteiger partial charge in [-0.3, -0.25) is 9.67 Å². The van der Waals surface area contributed by atoms with E-state index in [9.17, 15) is 5.11 Å². The van der Waals surface area contributed by atoms with E-state index in [4.69, 9.17) is 0 Å². The van der Waals surface area contributed by atoms with Crippen LogP contribution in [0.4, 0.5) is 5.69 Å². The number of aliphatic hydroxyl groups is 1. The third-order valence-corrected chi connectivity index (χ3v) is 2.75. The predicted molar refractivity (Wildman–Crippen MR) is 68.6 cm³/mol. The highest BCUT2D eigenvalue weighted by molar-refractivity contribution is 9.10. The Labute approximate surface area is 108 Å².